The number of carbonyl (C=O) groups is 1. The molecule has 1 rings (SSSR count). The van der Waals surface area contributed by atoms with Crippen LogP contribution < -0.4 is 15.5 Å². The number of anilines is 1. The first-order chi connectivity index (χ1) is 7.67. The molecule has 0 aliphatic rings. The Balaban J connectivity index is 2.62. The maximum Gasteiger partial charge on any atom is 0.239 e. The van der Waals surface area contributed by atoms with Gasteiger partial charge in [0.05, 0.1) is 6.54 Å². The third-order valence-corrected chi connectivity index (χ3v) is 2.07. The molecule has 0 aliphatic carbocycles. The van der Waals surface area contributed by atoms with Gasteiger partial charge in [-0.1, -0.05) is 0 Å². The maximum atomic E-state index is 11.1. The van der Waals surface area contributed by atoms with Crippen LogP contribution in [-0.2, 0) is 11.3 Å². The fourth-order valence-electron chi connectivity index (χ4n) is 1.21. The fraction of sp³-hybridized carbons (Fsp3) is 0.500. The second-order valence-electron chi connectivity index (χ2n) is 3.45. The van der Waals surface area contributed by atoms with Crippen molar-refractivity contribution in [3.8, 4) is 0 Å². The Morgan fingerprint density at radius 2 is 2.00 bits per heavy atom. The van der Waals surface area contributed by atoms with Gasteiger partial charge in [0.25, 0.3) is 0 Å². The molecule has 0 radical (unpaired) electrons. The molecular weight excluding hydrogens is 206 g/mol. The van der Waals surface area contributed by atoms with Crippen LogP contribution in [0.2, 0.25) is 0 Å². The lowest BCUT2D eigenvalue weighted by molar-refractivity contribution is -0.119. The first-order valence-electron chi connectivity index (χ1n) is 5.04. The number of aromatic nitrogens is 2. The topological polar surface area (TPSA) is 70.2 Å². The van der Waals surface area contributed by atoms with Crippen molar-refractivity contribution < 1.29 is 4.79 Å². The zero-order valence-electron chi connectivity index (χ0n) is 9.82. The van der Waals surface area contributed by atoms with E-state index in [1.54, 1.807) is 31.4 Å². The van der Waals surface area contributed by atoms with Crippen molar-refractivity contribution in [2.75, 3.05) is 32.6 Å². The van der Waals surface area contributed by atoms with E-state index < -0.39 is 0 Å². The lowest BCUT2D eigenvalue weighted by atomic mass is 10.3. The largest absolute Gasteiger partial charge is 0.358 e. The van der Waals surface area contributed by atoms with Gasteiger partial charge in [-0.15, -0.1) is 0 Å². The maximum absolute atomic E-state index is 11.1. The van der Waals surface area contributed by atoms with Gasteiger partial charge in [-0.25, -0.2) is 9.97 Å². The first kappa shape index (κ1) is 12.4. The Morgan fingerprint density at radius 3 is 2.50 bits per heavy atom. The minimum Gasteiger partial charge on any atom is -0.358 e. The lowest BCUT2D eigenvalue weighted by Crippen LogP contribution is -2.33. The zero-order chi connectivity index (χ0) is 12.0. The molecule has 6 heteroatoms. The molecule has 1 amide bonds. The minimum absolute atomic E-state index is 0.0644. The summed E-state index contributed by atoms with van der Waals surface area (Å²) in [7, 11) is 5.25. The summed E-state index contributed by atoms with van der Waals surface area (Å²) in [6.07, 6.45) is 3.50. The summed E-state index contributed by atoms with van der Waals surface area (Å²) in [5.41, 5.74) is 1.01. The Kier molecular flexibility index (Phi) is 4.65. The molecule has 1 aromatic rings. The van der Waals surface area contributed by atoms with Crippen molar-refractivity contribution in [2.24, 2.45) is 0 Å². The molecular formula is C10H17N5O. The molecule has 2 N–H and O–H groups in total. The molecule has 0 spiro atoms. The van der Waals surface area contributed by atoms with Crippen LogP contribution in [0.4, 0.5) is 5.95 Å². The first-order valence-corrected chi connectivity index (χ1v) is 5.04. The Labute approximate surface area is 95.1 Å². The molecule has 88 valence electrons. The summed E-state index contributed by atoms with van der Waals surface area (Å²) in [6.45, 7) is 0.987. The fourth-order valence-corrected chi connectivity index (χ4v) is 1.21. The minimum atomic E-state index is -0.0644. The molecule has 6 nitrogen and oxygen atoms in total. The molecule has 0 saturated heterocycles. The smallest absolute Gasteiger partial charge is 0.239 e. The molecule has 0 atom stereocenters. The second-order valence-corrected chi connectivity index (χ2v) is 3.45. The summed E-state index contributed by atoms with van der Waals surface area (Å²) in [5, 5.41) is 5.57. The van der Waals surface area contributed by atoms with Crippen molar-refractivity contribution in [1.82, 2.24) is 20.6 Å². The molecule has 0 aliphatic heterocycles. The average Bonchev–Trinajstić information content (AvgIpc) is 2.30. The highest BCUT2D eigenvalue weighted by Crippen LogP contribution is 2.04. The van der Waals surface area contributed by atoms with E-state index >= 15 is 0 Å². The number of rotatable bonds is 5. The van der Waals surface area contributed by atoms with E-state index in [0.29, 0.717) is 5.95 Å². The van der Waals surface area contributed by atoms with E-state index in [4.69, 9.17) is 0 Å². The van der Waals surface area contributed by atoms with Crippen LogP contribution in [0.25, 0.3) is 0 Å². The van der Waals surface area contributed by atoms with Crippen molar-refractivity contribution in [3.63, 3.8) is 0 Å². The summed E-state index contributed by atoms with van der Waals surface area (Å²) < 4.78 is 0. The van der Waals surface area contributed by atoms with Crippen molar-refractivity contribution >= 4 is 11.9 Å². The highest BCUT2D eigenvalue weighted by Gasteiger charge is 2.07. The van der Waals surface area contributed by atoms with Crippen LogP contribution in [0.1, 0.15) is 5.56 Å². The van der Waals surface area contributed by atoms with Crippen LogP contribution in [0.5, 0.6) is 0 Å². The number of nitrogens with one attached hydrogen (secondary N) is 2. The summed E-state index contributed by atoms with van der Waals surface area (Å²) >= 11 is 0. The van der Waals surface area contributed by atoms with Gasteiger partial charge in [-0.3, -0.25) is 4.79 Å². The van der Waals surface area contributed by atoms with Crippen LogP contribution in [0.3, 0.4) is 0 Å². The van der Waals surface area contributed by atoms with Crippen LogP contribution in [0, 0.1) is 0 Å². The zero-order valence-corrected chi connectivity index (χ0v) is 9.82. The number of hydrogen-bond acceptors (Lipinski definition) is 5. The van der Waals surface area contributed by atoms with Gasteiger partial charge in [-0.05, 0) is 7.05 Å². The second kappa shape index (κ2) is 6.02. The predicted octanol–water partition coefficient (Wildman–Crippen LogP) is -0.622. The lowest BCUT2D eigenvalue weighted by Gasteiger charge is -2.15. The van der Waals surface area contributed by atoms with Gasteiger partial charge in [-0.2, -0.15) is 0 Å². The summed E-state index contributed by atoms with van der Waals surface area (Å²) in [5.74, 6) is 0.480. The number of amides is 1. The third kappa shape index (κ3) is 3.47. The van der Waals surface area contributed by atoms with Crippen LogP contribution in [0.15, 0.2) is 12.4 Å². The molecule has 0 bridgehead atoms. The Morgan fingerprint density at radius 1 is 1.38 bits per heavy atom. The summed E-state index contributed by atoms with van der Waals surface area (Å²) in [4.78, 5) is 21.2. The van der Waals surface area contributed by atoms with E-state index in [2.05, 4.69) is 20.6 Å². The predicted molar refractivity (Wildman–Crippen MR) is 62.1 cm³/mol. The van der Waals surface area contributed by atoms with Gasteiger partial charge in [0, 0.05) is 38.6 Å². The summed E-state index contributed by atoms with van der Waals surface area (Å²) in [6, 6.07) is 0. The van der Waals surface area contributed by atoms with E-state index in [1.165, 1.54) is 0 Å². The number of nitrogens with zero attached hydrogens (tertiary/aromatic N) is 3. The van der Waals surface area contributed by atoms with E-state index in [9.17, 15) is 4.79 Å². The van der Waals surface area contributed by atoms with Crippen LogP contribution >= 0.6 is 0 Å². The molecule has 0 saturated carbocycles. The molecule has 1 aromatic heterocycles. The highest BCUT2D eigenvalue weighted by atomic mass is 16.1. The number of likely N-dealkylation sites (N-methyl/N-ethyl adjacent to an activating group) is 2. The van der Waals surface area contributed by atoms with Crippen LogP contribution in [-0.4, -0.2) is 43.6 Å². The standard InChI is InChI=1S/C10H17N5O/c1-11-4-8-5-13-10(14-6-8)15(3)7-9(16)12-2/h5-6,11H,4,7H2,1-3H3,(H,12,16). The Bertz CT molecular complexity index is 338. The SMILES string of the molecule is CNCc1cnc(N(C)CC(=O)NC)nc1. The van der Waals surface area contributed by atoms with E-state index in [1.807, 2.05) is 7.05 Å². The highest BCUT2D eigenvalue weighted by molar-refractivity contribution is 5.80. The van der Waals surface area contributed by atoms with Crippen molar-refractivity contribution in [2.45, 2.75) is 6.54 Å². The van der Waals surface area contributed by atoms with Gasteiger partial charge < -0.3 is 15.5 Å². The molecule has 0 fully saturated rings. The van der Waals surface area contributed by atoms with Crippen molar-refractivity contribution in [1.29, 1.82) is 0 Å². The van der Waals surface area contributed by atoms with E-state index in [-0.39, 0.29) is 12.5 Å². The molecule has 16 heavy (non-hydrogen) atoms. The van der Waals surface area contributed by atoms with Crippen molar-refractivity contribution in [3.05, 3.63) is 18.0 Å². The average molecular weight is 223 g/mol. The quantitative estimate of drug-likeness (QED) is 0.696. The molecule has 0 aromatic carbocycles. The Hall–Kier alpha value is -1.69. The third-order valence-electron chi connectivity index (χ3n) is 2.07. The molecule has 1 heterocycles. The van der Waals surface area contributed by atoms with Gasteiger partial charge >= 0.3 is 0 Å². The molecule has 0 unspecified atom stereocenters. The number of carbonyl (C=O) groups excluding carboxylic acids is 1. The van der Waals surface area contributed by atoms with Gasteiger partial charge in [0.2, 0.25) is 11.9 Å². The van der Waals surface area contributed by atoms with E-state index in [0.717, 1.165) is 12.1 Å². The normalized spacial score (nSPS) is 9.94. The monoisotopic (exact) mass is 223 g/mol. The number of hydrogen-bond donors (Lipinski definition) is 2. The van der Waals surface area contributed by atoms with Gasteiger partial charge in [0.15, 0.2) is 0 Å². The van der Waals surface area contributed by atoms with Gasteiger partial charge in [0.1, 0.15) is 0 Å².